The number of rotatable bonds is 4. The number of carbonyl (C=O) groups excluding carboxylic acids is 1. The summed E-state index contributed by atoms with van der Waals surface area (Å²) in [6.45, 7) is 0.237. The van der Waals surface area contributed by atoms with E-state index in [9.17, 15) is 18.0 Å². The molecule has 1 amide bonds. The highest BCUT2D eigenvalue weighted by atomic mass is 35.5. The third kappa shape index (κ3) is 3.91. The fraction of sp³-hybridized carbons (Fsp3) is 0.176. The summed E-state index contributed by atoms with van der Waals surface area (Å²) >= 11 is 10.7. The molecule has 136 valence electrons. The topological polar surface area (TPSA) is 47.2 Å². The molecule has 0 saturated heterocycles. The van der Waals surface area contributed by atoms with Crippen LogP contribution in [0.2, 0.25) is 5.02 Å². The van der Waals surface area contributed by atoms with Crippen molar-refractivity contribution in [3.8, 4) is 0 Å². The largest absolute Gasteiger partial charge is 0.429 e. The van der Waals surface area contributed by atoms with Crippen LogP contribution in [0.3, 0.4) is 0 Å². The second-order valence-electron chi connectivity index (χ2n) is 5.48. The van der Waals surface area contributed by atoms with E-state index < -0.39 is 22.7 Å². The zero-order valence-corrected chi connectivity index (χ0v) is 14.7. The van der Waals surface area contributed by atoms with Crippen molar-refractivity contribution in [3.63, 3.8) is 0 Å². The van der Waals surface area contributed by atoms with Crippen molar-refractivity contribution in [3.05, 3.63) is 57.9 Å². The van der Waals surface area contributed by atoms with Gasteiger partial charge in [0.15, 0.2) is 5.58 Å². The van der Waals surface area contributed by atoms with Crippen LogP contribution in [0.1, 0.15) is 12.0 Å². The molecule has 4 nitrogen and oxygen atoms in total. The van der Waals surface area contributed by atoms with E-state index >= 15 is 0 Å². The molecule has 9 heteroatoms. The average Bonchev–Trinajstić information content (AvgIpc) is 2.89. The van der Waals surface area contributed by atoms with E-state index in [-0.39, 0.29) is 23.5 Å². The number of anilines is 1. The van der Waals surface area contributed by atoms with Crippen LogP contribution in [0.25, 0.3) is 11.1 Å². The molecule has 0 saturated carbocycles. The minimum Gasteiger partial charge on any atom is -0.429 e. The summed E-state index contributed by atoms with van der Waals surface area (Å²) in [4.78, 5) is 12.3. The molecule has 1 aromatic heterocycles. The number of oxazole rings is 1. The lowest BCUT2D eigenvalue weighted by Gasteiger charge is -2.12. The van der Waals surface area contributed by atoms with E-state index in [4.69, 9.17) is 28.2 Å². The van der Waals surface area contributed by atoms with Gasteiger partial charge in [-0.05, 0) is 42.5 Å². The molecular weight excluding hydrogens is 389 g/mol. The molecule has 0 fully saturated rings. The smallest absolute Gasteiger partial charge is 0.417 e. The van der Waals surface area contributed by atoms with Gasteiger partial charge in [-0.2, -0.15) is 13.2 Å². The van der Waals surface area contributed by atoms with E-state index in [0.717, 1.165) is 17.6 Å². The third-order valence-electron chi connectivity index (χ3n) is 3.69. The average molecular weight is 401 g/mol. The van der Waals surface area contributed by atoms with Gasteiger partial charge in [0.05, 0.1) is 16.1 Å². The molecular formula is C17H12ClF3N2O2S. The minimum atomic E-state index is -4.60. The highest BCUT2D eigenvalue weighted by Crippen LogP contribution is 2.36. The molecule has 0 radical (unpaired) electrons. The minimum absolute atomic E-state index is 0.0157. The Kier molecular flexibility index (Phi) is 5.06. The maximum Gasteiger partial charge on any atom is 0.417 e. The lowest BCUT2D eigenvalue weighted by Crippen LogP contribution is -2.15. The number of alkyl halides is 3. The number of hydrogen-bond donors (Lipinski definition) is 1. The first-order valence-corrected chi connectivity index (χ1v) is 8.29. The van der Waals surface area contributed by atoms with E-state index in [1.165, 1.54) is 6.07 Å². The number of amides is 1. The number of fused-ring (bicyclic) bond motifs is 1. The molecule has 2 aromatic carbocycles. The third-order valence-corrected chi connectivity index (χ3v) is 4.33. The molecule has 0 aliphatic heterocycles. The molecule has 26 heavy (non-hydrogen) atoms. The van der Waals surface area contributed by atoms with Gasteiger partial charge in [0, 0.05) is 18.7 Å². The Balaban J connectivity index is 1.72. The summed E-state index contributed by atoms with van der Waals surface area (Å²) in [6, 6.07) is 10.4. The van der Waals surface area contributed by atoms with Crippen molar-refractivity contribution in [1.29, 1.82) is 0 Å². The zero-order valence-electron chi connectivity index (χ0n) is 13.1. The monoisotopic (exact) mass is 400 g/mol. The lowest BCUT2D eigenvalue weighted by atomic mass is 10.2. The Morgan fingerprint density at radius 2 is 1.96 bits per heavy atom. The zero-order chi connectivity index (χ0) is 18.9. The molecule has 0 unspecified atom stereocenters. The molecule has 0 atom stereocenters. The van der Waals surface area contributed by atoms with Crippen LogP contribution in [0, 0.1) is 4.84 Å². The number of halogens is 4. The van der Waals surface area contributed by atoms with E-state index in [1.54, 1.807) is 22.8 Å². The van der Waals surface area contributed by atoms with Gasteiger partial charge in [-0.3, -0.25) is 9.36 Å². The number of nitrogens with zero attached hydrogens (tertiary/aromatic N) is 1. The fourth-order valence-corrected chi connectivity index (χ4v) is 2.99. The summed E-state index contributed by atoms with van der Waals surface area (Å²) in [5.41, 5.74) is 0.369. The molecule has 0 aliphatic rings. The first-order valence-electron chi connectivity index (χ1n) is 7.50. The fourth-order valence-electron chi connectivity index (χ4n) is 2.48. The highest BCUT2D eigenvalue weighted by molar-refractivity contribution is 7.71. The predicted molar refractivity (Wildman–Crippen MR) is 94.7 cm³/mol. The van der Waals surface area contributed by atoms with Crippen molar-refractivity contribution >= 4 is 46.5 Å². The van der Waals surface area contributed by atoms with Crippen molar-refractivity contribution < 1.29 is 22.4 Å². The number of para-hydroxylation sites is 2. The van der Waals surface area contributed by atoms with Crippen molar-refractivity contribution in [2.24, 2.45) is 0 Å². The van der Waals surface area contributed by atoms with E-state index in [1.807, 2.05) is 6.07 Å². The number of nitrogens with one attached hydrogen (secondary N) is 1. The van der Waals surface area contributed by atoms with Crippen LogP contribution in [-0.4, -0.2) is 10.5 Å². The molecule has 0 spiro atoms. The van der Waals surface area contributed by atoms with Gasteiger partial charge in [0.1, 0.15) is 0 Å². The Labute approximate surface area is 156 Å². The molecule has 1 N–H and O–H groups in total. The Hall–Kier alpha value is -2.32. The van der Waals surface area contributed by atoms with Crippen LogP contribution in [0.15, 0.2) is 46.9 Å². The summed E-state index contributed by atoms with van der Waals surface area (Å²) in [5.74, 6) is -0.451. The maximum atomic E-state index is 12.9. The summed E-state index contributed by atoms with van der Waals surface area (Å²) in [5, 5.41) is 2.01. The van der Waals surface area contributed by atoms with Gasteiger partial charge in [-0.15, -0.1) is 0 Å². The SMILES string of the molecule is O=C(CCn1c(=S)oc2ccccc21)Nc1ccc(Cl)c(C(F)(F)F)c1. The second-order valence-corrected chi connectivity index (χ2v) is 6.23. The Morgan fingerprint density at radius 1 is 1.23 bits per heavy atom. The predicted octanol–water partition coefficient (Wildman–Crippen LogP) is 5.66. The summed E-state index contributed by atoms with van der Waals surface area (Å²) in [7, 11) is 0. The number of hydrogen-bond acceptors (Lipinski definition) is 3. The van der Waals surface area contributed by atoms with Crippen molar-refractivity contribution in [2.75, 3.05) is 5.32 Å². The lowest BCUT2D eigenvalue weighted by molar-refractivity contribution is -0.137. The molecule has 3 rings (SSSR count). The second kappa shape index (κ2) is 7.13. The van der Waals surface area contributed by atoms with Crippen LogP contribution >= 0.6 is 23.8 Å². The van der Waals surface area contributed by atoms with Gasteiger partial charge in [0.2, 0.25) is 5.91 Å². The molecule has 0 aliphatic carbocycles. The van der Waals surface area contributed by atoms with Crippen LogP contribution < -0.4 is 5.32 Å². The van der Waals surface area contributed by atoms with Crippen LogP contribution in [0.5, 0.6) is 0 Å². The first-order chi connectivity index (χ1) is 12.3. The normalized spacial score (nSPS) is 11.7. The molecule has 1 heterocycles. The summed E-state index contributed by atoms with van der Waals surface area (Å²) in [6.07, 6.45) is -4.58. The van der Waals surface area contributed by atoms with E-state index in [2.05, 4.69) is 5.32 Å². The van der Waals surface area contributed by atoms with Crippen molar-refractivity contribution in [1.82, 2.24) is 4.57 Å². The number of benzene rings is 2. The van der Waals surface area contributed by atoms with Gasteiger partial charge in [-0.1, -0.05) is 23.7 Å². The maximum absolute atomic E-state index is 12.9. The molecule has 0 bridgehead atoms. The van der Waals surface area contributed by atoms with Gasteiger partial charge in [0.25, 0.3) is 4.84 Å². The van der Waals surface area contributed by atoms with Crippen molar-refractivity contribution in [2.45, 2.75) is 19.1 Å². The number of aromatic nitrogens is 1. The van der Waals surface area contributed by atoms with E-state index in [0.29, 0.717) is 5.58 Å². The Morgan fingerprint density at radius 3 is 2.69 bits per heavy atom. The van der Waals surface area contributed by atoms with Crippen LogP contribution in [0.4, 0.5) is 18.9 Å². The standard InChI is InChI=1S/C17H12ClF3N2O2S/c18-12-6-5-10(9-11(12)17(19,20)21)22-15(24)7-8-23-13-3-1-2-4-14(13)25-16(23)26/h1-6,9H,7-8H2,(H,22,24). The number of carbonyl (C=O) groups is 1. The number of aryl methyl sites for hydroxylation is 1. The summed E-state index contributed by atoms with van der Waals surface area (Å²) < 4.78 is 45.7. The van der Waals surface area contributed by atoms with Gasteiger partial charge >= 0.3 is 6.18 Å². The first kappa shape index (κ1) is 18.5. The quantitative estimate of drug-likeness (QED) is 0.574. The Bertz CT molecular complexity index is 1030. The van der Waals surface area contributed by atoms with Crippen LogP contribution in [-0.2, 0) is 17.5 Å². The molecule has 3 aromatic rings. The van der Waals surface area contributed by atoms with Gasteiger partial charge in [-0.25, -0.2) is 0 Å². The van der Waals surface area contributed by atoms with Gasteiger partial charge < -0.3 is 9.73 Å². The highest BCUT2D eigenvalue weighted by Gasteiger charge is 2.33.